The van der Waals surface area contributed by atoms with Crippen molar-refractivity contribution >= 4 is 33.7 Å². The van der Waals surface area contributed by atoms with Gasteiger partial charge in [0.15, 0.2) is 11.5 Å². The lowest BCUT2D eigenvalue weighted by molar-refractivity contribution is 0.104. The van der Waals surface area contributed by atoms with Crippen LogP contribution in [0.1, 0.15) is 15.9 Å². The number of fused-ring (bicyclic) bond motifs is 2. The van der Waals surface area contributed by atoms with Crippen LogP contribution in [0, 0.1) is 5.82 Å². The predicted molar refractivity (Wildman–Crippen MR) is 122 cm³/mol. The molecule has 0 atom stereocenters. The summed E-state index contributed by atoms with van der Waals surface area (Å²) >= 11 is 0. The number of likely N-dealkylation sites (N-methyl/N-ethyl adjacent to an activating group) is 1. The second kappa shape index (κ2) is 7.17. The summed E-state index contributed by atoms with van der Waals surface area (Å²) < 4.78 is 19.7. The Bertz CT molecular complexity index is 1370. The monoisotopic (exact) mass is 428 g/mol. The zero-order chi connectivity index (χ0) is 21.8. The molecule has 1 aliphatic heterocycles. The Morgan fingerprint density at radius 2 is 1.78 bits per heavy atom. The third-order valence-corrected chi connectivity index (χ3v) is 6.33. The van der Waals surface area contributed by atoms with E-state index in [-0.39, 0.29) is 11.6 Å². The van der Waals surface area contributed by atoms with Crippen LogP contribution in [0.15, 0.2) is 59.1 Å². The second-order valence-electron chi connectivity index (χ2n) is 8.35. The summed E-state index contributed by atoms with van der Waals surface area (Å²) in [5.41, 5.74) is 4.64. The van der Waals surface area contributed by atoms with Crippen LogP contribution in [0.5, 0.6) is 0 Å². The van der Waals surface area contributed by atoms with E-state index in [1.54, 1.807) is 18.2 Å². The molecule has 3 aromatic carbocycles. The standard InChI is InChI=1S/C25H21FN4O2/c1-29-9-11-30(12-10-29)20-14-19(27-16-6-4-5-15(26)13-16)21-22-23(20)28-32-25(22)18-8-3-2-7-17(18)24(21)31/h2-8,13-14,27H,9-12H2,1H3. The fourth-order valence-corrected chi connectivity index (χ4v) is 4.65. The van der Waals surface area contributed by atoms with Crippen LogP contribution < -0.4 is 10.2 Å². The van der Waals surface area contributed by atoms with Gasteiger partial charge in [0.1, 0.15) is 11.3 Å². The van der Waals surface area contributed by atoms with E-state index in [4.69, 9.17) is 4.52 Å². The van der Waals surface area contributed by atoms with Crippen LogP contribution in [0.4, 0.5) is 21.5 Å². The van der Waals surface area contributed by atoms with Gasteiger partial charge in [-0.25, -0.2) is 4.39 Å². The summed E-state index contributed by atoms with van der Waals surface area (Å²) in [6, 6.07) is 15.6. The van der Waals surface area contributed by atoms with E-state index in [1.165, 1.54) is 12.1 Å². The number of carbonyl (C=O) groups excluding carboxylic acids is 1. The number of carbonyl (C=O) groups is 1. The predicted octanol–water partition coefficient (Wildman–Crippen LogP) is 4.67. The highest BCUT2D eigenvalue weighted by atomic mass is 19.1. The third kappa shape index (κ3) is 2.89. The first kappa shape index (κ1) is 19.0. The molecule has 1 N–H and O–H groups in total. The number of rotatable bonds is 3. The van der Waals surface area contributed by atoms with Gasteiger partial charge < -0.3 is 19.6 Å². The zero-order valence-electron chi connectivity index (χ0n) is 17.6. The van der Waals surface area contributed by atoms with Crippen molar-refractivity contribution in [1.82, 2.24) is 10.1 Å². The van der Waals surface area contributed by atoms with Gasteiger partial charge in [-0.1, -0.05) is 35.5 Å². The highest BCUT2D eigenvalue weighted by Crippen LogP contribution is 2.46. The maximum Gasteiger partial charge on any atom is 0.196 e. The molecule has 0 bridgehead atoms. The molecule has 0 spiro atoms. The maximum absolute atomic E-state index is 13.9. The Kier molecular flexibility index (Phi) is 4.26. The molecule has 1 fully saturated rings. The molecule has 0 saturated carbocycles. The van der Waals surface area contributed by atoms with Crippen molar-refractivity contribution in [1.29, 1.82) is 0 Å². The van der Waals surface area contributed by atoms with Crippen LogP contribution >= 0.6 is 0 Å². The Morgan fingerprint density at radius 1 is 1.00 bits per heavy atom. The van der Waals surface area contributed by atoms with Crippen LogP contribution in [0.2, 0.25) is 0 Å². The van der Waals surface area contributed by atoms with E-state index < -0.39 is 0 Å². The minimum absolute atomic E-state index is 0.0925. The van der Waals surface area contributed by atoms with E-state index in [2.05, 4.69) is 27.3 Å². The molecule has 2 heterocycles. The summed E-state index contributed by atoms with van der Waals surface area (Å²) in [5, 5.41) is 8.41. The van der Waals surface area contributed by atoms with Gasteiger partial charge in [0.05, 0.1) is 22.3 Å². The molecule has 0 unspecified atom stereocenters. The lowest BCUT2D eigenvalue weighted by atomic mass is 9.86. The van der Waals surface area contributed by atoms with Crippen molar-refractivity contribution in [2.24, 2.45) is 0 Å². The summed E-state index contributed by atoms with van der Waals surface area (Å²) in [6.07, 6.45) is 0. The first-order valence-electron chi connectivity index (χ1n) is 10.7. The molecule has 0 amide bonds. The molecule has 4 aromatic rings. The summed E-state index contributed by atoms with van der Waals surface area (Å²) in [4.78, 5) is 18.2. The van der Waals surface area contributed by atoms with Gasteiger partial charge in [0, 0.05) is 43.0 Å². The van der Waals surface area contributed by atoms with Crippen molar-refractivity contribution in [2.45, 2.75) is 0 Å². The average molecular weight is 428 g/mol. The van der Waals surface area contributed by atoms with Gasteiger partial charge in [-0.15, -0.1) is 0 Å². The fraction of sp³-hybridized carbons (Fsp3) is 0.200. The van der Waals surface area contributed by atoms with Crippen molar-refractivity contribution in [2.75, 3.05) is 43.4 Å². The molecule has 0 radical (unpaired) electrons. The summed E-state index contributed by atoms with van der Waals surface area (Å²) in [7, 11) is 2.11. The Balaban J connectivity index is 1.59. The molecule has 7 heteroatoms. The number of hydrogen-bond donors (Lipinski definition) is 1. The Labute approximate surface area is 184 Å². The van der Waals surface area contributed by atoms with Crippen molar-refractivity contribution in [3.8, 4) is 11.3 Å². The highest BCUT2D eigenvalue weighted by Gasteiger charge is 2.34. The van der Waals surface area contributed by atoms with Gasteiger partial charge >= 0.3 is 0 Å². The molecule has 32 heavy (non-hydrogen) atoms. The van der Waals surface area contributed by atoms with Crippen molar-refractivity contribution in [3.05, 3.63) is 71.5 Å². The molecule has 1 aliphatic carbocycles. The van der Waals surface area contributed by atoms with Crippen LogP contribution in [-0.2, 0) is 0 Å². The van der Waals surface area contributed by atoms with Crippen LogP contribution in [0.25, 0.3) is 22.2 Å². The van der Waals surface area contributed by atoms with E-state index >= 15 is 0 Å². The van der Waals surface area contributed by atoms with Crippen LogP contribution in [0.3, 0.4) is 0 Å². The Hall–Kier alpha value is -3.71. The topological polar surface area (TPSA) is 61.6 Å². The smallest absolute Gasteiger partial charge is 0.196 e. The van der Waals surface area contributed by atoms with Gasteiger partial charge in [0.2, 0.25) is 0 Å². The molecule has 6 nitrogen and oxygen atoms in total. The van der Waals surface area contributed by atoms with E-state index in [9.17, 15) is 9.18 Å². The first-order valence-corrected chi connectivity index (χ1v) is 10.7. The van der Waals surface area contributed by atoms with Crippen LogP contribution in [-0.4, -0.2) is 49.1 Å². The zero-order valence-corrected chi connectivity index (χ0v) is 17.6. The average Bonchev–Trinajstić information content (AvgIpc) is 3.24. The number of hydrogen-bond acceptors (Lipinski definition) is 6. The number of benzene rings is 3. The third-order valence-electron chi connectivity index (χ3n) is 6.33. The van der Waals surface area contributed by atoms with Crippen molar-refractivity contribution < 1.29 is 13.7 Å². The lowest BCUT2D eigenvalue weighted by Crippen LogP contribution is -2.44. The summed E-state index contributed by atoms with van der Waals surface area (Å²) in [6.45, 7) is 3.55. The molecule has 1 aromatic heterocycles. The molecule has 1 saturated heterocycles. The highest BCUT2D eigenvalue weighted by molar-refractivity contribution is 6.28. The number of ketones is 1. The molecule has 2 aliphatic rings. The molecular weight excluding hydrogens is 407 g/mol. The van der Waals surface area contributed by atoms with Crippen molar-refractivity contribution in [3.63, 3.8) is 0 Å². The van der Waals surface area contributed by atoms with E-state index in [0.717, 1.165) is 37.4 Å². The lowest BCUT2D eigenvalue weighted by Gasteiger charge is -2.34. The van der Waals surface area contributed by atoms with Gasteiger partial charge in [-0.3, -0.25) is 4.79 Å². The van der Waals surface area contributed by atoms with Gasteiger partial charge in [-0.2, -0.15) is 0 Å². The maximum atomic E-state index is 13.9. The minimum atomic E-state index is -0.341. The minimum Gasteiger partial charge on any atom is -0.367 e. The molecule has 6 rings (SSSR count). The number of nitrogens with one attached hydrogen (secondary N) is 1. The largest absolute Gasteiger partial charge is 0.367 e. The number of aromatic nitrogens is 1. The number of piperazine rings is 1. The molecular formula is C25H21FN4O2. The second-order valence-corrected chi connectivity index (χ2v) is 8.35. The number of halogens is 1. The fourth-order valence-electron chi connectivity index (χ4n) is 4.65. The normalized spacial score (nSPS) is 15.8. The number of nitrogens with zero attached hydrogens (tertiary/aromatic N) is 3. The van der Waals surface area contributed by atoms with Gasteiger partial charge in [0.25, 0.3) is 0 Å². The van der Waals surface area contributed by atoms with E-state index in [0.29, 0.717) is 39.2 Å². The molecule has 160 valence electrons. The summed E-state index contributed by atoms with van der Waals surface area (Å²) in [5.74, 6) is 0.167. The van der Waals surface area contributed by atoms with E-state index in [1.807, 2.05) is 24.3 Å². The first-order chi connectivity index (χ1) is 15.6. The quantitative estimate of drug-likeness (QED) is 0.451. The SMILES string of the molecule is CN1CCN(c2cc(Nc3cccc(F)c3)c3c4c(onc24)-c2ccccc2C3=O)CC1. The number of anilines is 3. The Morgan fingerprint density at radius 3 is 2.56 bits per heavy atom. The van der Waals surface area contributed by atoms with Gasteiger partial charge in [-0.05, 0) is 31.3 Å².